The molecule has 4 aromatic heterocycles. The lowest BCUT2D eigenvalue weighted by molar-refractivity contribution is 0.0524. The van der Waals surface area contributed by atoms with E-state index in [0.717, 1.165) is 35.0 Å². The Bertz CT molecular complexity index is 1790. The van der Waals surface area contributed by atoms with Crippen LogP contribution in [0.15, 0.2) is 51.9 Å². The van der Waals surface area contributed by atoms with Gasteiger partial charge in [0.1, 0.15) is 11.0 Å². The zero-order chi connectivity index (χ0) is 28.5. The first-order valence-electron chi connectivity index (χ1n) is 13.3. The van der Waals surface area contributed by atoms with Crippen molar-refractivity contribution in [2.45, 2.75) is 38.6 Å². The van der Waals surface area contributed by atoms with E-state index in [-0.39, 0.29) is 24.3 Å². The molecule has 41 heavy (non-hydrogen) atoms. The molecule has 1 aliphatic rings. The second-order valence-electron chi connectivity index (χ2n) is 9.64. The highest BCUT2D eigenvalue weighted by atomic mass is 35.5. The number of hydrogen-bond donors (Lipinski definition) is 2. The highest BCUT2D eigenvalue weighted by Gasteiger charge is 2.33. The molecule has 0 spiro atoms. The van der Waals surface area contributed by atoms with Crippen molar-refractivity contribution >= 4 is 39.0 Å². The van der Waals surface area contributed by atoms with Crippen LogP contribution < -0.4 is 11.1 Å². The molecule has 210 valence electrons. The Morgan fingerprint density at radius 3 is 2.73 bits per heavy atom. The van der Waals surface area contributed by atoms with Crippen molar-refractivity contribution in [2.24, 2.45) is 0 Å². The van der Waals surface area contributed by atoms with Crippen LogP contribution in [0.1, 0.15) is 53.1 Å². The molecule has 0 bridgehead atoms. The number of fused-ring (bicyclic) bond motifs is 1. The first-order valence-corrected chi connectivity index (χ1v) is 14.4. The van der Waals surface area contributed by atoms with Gasteiger partial charge in [-0.05, 0) is 74.4 Å². The van der Waals surface area contributed by atoms with Crippen LogP contribution in [0.2, 0.25) is 5.15 Å². The summed E-state index contributed by atoms with van der Waals surface area (Å²) >= 11 is 7.82. The van der Waals surface area contributed by atoms with Gasteiger partial charge in [0, 0.05) is 16.6 Å². The van der Waals surface area contributed by atoms with Crippen LogP contribution in [0, 0.1) is 5.82 Å². The molecule has 12 heteroatoms. The second-order valence-corrected chi connectivity index (χ2v) is 11.0. The third-order valence-corrected chi connectivity index (χ3v) is 8.62. The van der Waals surface area contributed by atoms with E-state index < -0.39 is 11.7 Å². The molecule has 0 unspecified atom stereocenters. The van der Waals surface area contributed by atoms with E-state index in [2.05, 4.69) is 20.4 Å². The molecular weight excluding hydrogens is 569 g/mol. The minimum atomic E-state index is -0.738. The molecule has 0 aliphatic carbocycles. The van der Waals surface area contributed by atoms with Crippen molar-refractivity contribution in [3.63, 3.8) is 0 Å². The van der Waals surface area contributed by atoms with Gasteiger partial charge < -0.3 is 10.1 Å². The van der Waals surface area contributed by atoms with E-state index in [1.54, 1.807) is 25.3 Å². The zero-order valence-corrected chi connectivity index (χ0v) is 23.6. The summed E-state index contributed by atoms with van der Waals surface area (Å²) in [4.78, 5) is 38.5. The van der Waals surface area contributed by atoms with Crippen LogP contribution in [0.5, 0.6) is 0 Å². The van der Waals surface area contributed by atoms with E-state index in [1.165, 1.54) is 23.5 Å². The SMILES string of the molecule is CCOC(=O)c1c([C@@H]2CCCN2)nc(CCc2ccc(F)cc2)c(-c2noc(=O)[nH]2)c1-c1cc2ccnc(Cl)c2s1. The van der Waals surface area contributed by atoms with E-state index in [1.807, 2.05) is 12.1 Å². The number of esters is 1. The maximum absolute atomic E-state index is 13.7. The summed E-state index contributed by atoms with van der Waals surface area (Å²) in [7, 11) is 0. The molecule has 1 atom stereocenters. The molecule has 0 amide bonds. The molecule has 0 saturated carbocycles. The average molecular weight is 594 g/mol. The minimum Gasteiger partial charge on any atom is -0.462 e. The molecule has 1 aromatic carbocycles. The number of pyridine rings is 2. The molecular formula is C29H25ClFN5O4S. The van der Waals surface area contributed by atoms with E-state index in [4.69, 9.17) is 25.8 Å². The molecule has 6 rings (SSSR count). The van der Waals surface area contributed by atoms with Crippen LogP contribution >= 0.6 is 22.9 Å². The Morgan fingerprint density at radius 2 is 2.05 bits per heavy atom. The van der Waals surface area contributed by atoms with Crippen molar-refractivity contribution < 1.29 is 18.4 Å². The van der Waals surface area contributed by atoms with E-state index >= 15 is 0 Å². The van der Waals surface area contributed by atoms with Crippen LogP contribution in [-0.4, -0.2) is 39.2 Å². The molecule has 1 fully saturated rings. The fourth-order valence-electron chi connectivity index (χ4n) is 5.22. The highest BCUT2D eigenvalue weighted by molar-refractivity contribution is 7.22. The van der Waals surface area contributed by atoms with Crippen molar-refractivity contribution in [1.29, 1.82) is 0 Å². The van der Waals surface area contributed by atoms with Crippen LogP contribution in [-0.2, 0) is 17.6 Å². The summed E-state index contributed by atoms with van der Waals surface area (Å²) in [5.41, 5.74) is 3.36. The van der Waals surface area contributed by atoms with Gasteiger partial charge in [-0.3, -0.25) is 14.5 Å². The summed E-state index contributed by atoms with van der Waals surface area (Å²) in [6.45, 7) is 2.70. The molecule has 0 radical (unpaired) electrons. The quantitative estimate of drug-likeness (QED) is 0.169. The van der Waals surface area contributed by atoms with Gasteiger partial charge in [-0.2, -0.15) is 0 Å². The summed E-state index contributed by atoms with van der Waals surface area (Å²) < 4.78 is 24.8. The Labute approximate surface area is 242 Å². The van der Waals surface area contributed by atoms with Crippen LogP contribution in [0.4, 0.5) is 4.39 Å². The number of aromatic amines is 1. The molecule has 9 nitrogen and oxygen atoms in total. The average Bonchev–Trinajstić information content (AvgIpc) is 3.74. The number of carbonyl (C=O) groups is 1. The Hall–Kier alpha value is -3.93. The van der Waals surface area contributed by atoms with Crippen LogP contribution in [0.3, 0.4) is 0 Å². The third-order valence-electron chi connectivity index (χ3n) is 7.05. The van der Waals surface area contributed by atoms with Gasteiger partial charge in [0.05, 0.1) is 39.9 Å². The van der Waals surface area contributed by atoms with Gasteiger partial charge >= 0.3 is 11.7 Å². The summed E-state index contributed by atoms with van der Waals surface area (Å²) in [5, 5.41) is 8.67. The Balaban J connectivity index is 1.65. The Morgan fingerprint density at radius 1 is 1.22 bits per heavy atom. The molecule has 1 aliphatic heterocycles. The topological polar surface area (TPSA) is 123 Å². The minimum absolute atomic E-state index is 0.143. The van der Waals surface area contributed by atoms with Gasteiger partial charge in [-0.1, -0.05) is 28.9 Å². The number of nitrogens with zero attached hydrogens (tertiary/aromatic N) is 3. The standard InChI is InChI=1S/C29H25ClFN5O4S/c1-2-39-28(37)23-22(20-14-16-11-13-33-26(30)25(16)41-20)21(27-35-29(38)40-36-27)18(34-24(23)19-4-3-12-32-19)10-7-15-5-8-17(31)9-6-15/h5-6,8-9,11,13-14,19,32H,2-4,7,10,12H2,1H3,(H,35,36,38)/t19-/m0/s1. The van der Waals surface area contributed by atoms with Gasteiger partial charge in [0.2, 0.25) is 0 Å². The lowest BCUT2D eigenvalue weighted by Crippen LogP contribution is -2.22. The van der Waals surface area contributed by atoms with Gasteiger partial charge in [0.15, 0.2) is 5.82 Å². The van der Waals surface area contributed by atoms with Crippen molar-refractivity contribution in [1.82, 2.24) is 25.4 Å². The third kappa shape index (κ3) is 5.40. The second kappa shape index (κ2) is 11.5. The number of aryl methyl sites for hydroxylation is 2. The van der Waals surface area contributed by atoms with Gasteiger partial charge in [0.25, 0.3) is 0 Å². The maximum Gasteiger partial charge on any atom is 0.439 e. The Kier molecular flexibility index (Phi) is 7.65. The monoisotopic (exact) mass is 593 g/mol. The van der Waals surface area contributed by atoms with Crippen molar-refractivity contribution in [2.75, 3.05) is 13.2 Å². The number of hydrogen-bond acceptors (Lipinski definition) is 9. The van der Waals surface area contributed by atoms with Crippen molar-refractivity contribution in [3.05, 3.63) is 86.6 Å². The van der Waals surface area contributed by atoms with E-state index in [0.29, 0.717) is 51.0 Å². The zero-order valence-electron chi connectivity index (χ0n) is 22.0. The number of H-pyrrole nitrogens is 1. The number of nitrogens with one attached hydrogen (secondary N) is 2. The number of benzene rings is 1. The van der Waals surface area contributed by atoms with Gasteiger partial charge in [-0.25, -0.2) is 19.0 Å². The first-order chi connectivity index (χ1) is 19.9. The van der Waals surface area contributed by atoms with Gasteiger partial charge in [-0.15, -0.1) is 11.3 Å². The summed E-state index contributed by atoms with van der Waals surface area (Å²) in [6, 6.07) is 9.88. The molecule has 1 saturated heterocycles. The van der Waals surface area contributed by atoms with E-state index in [9.17, 15) is 14.0 Å². The highest BCUT2D eigenvalue weighted by Crippen LogP contribution is 2.45. The first kappa shape index (κ1) is 27.3. The predicted molar refractivity (Wildman–Crippen MR) is 154 cm³/mol. The predicted octanol–water partition coefficient (Wildman–Crippen LogP) is 5.88. The maximum atomic E-state index is 13.7. The molecule has 5 heterocycles. The smallest absolute Gasteiger partial charge is 0.439 e. The fourth-order valence-corrected chi connectivity index (χ4v) is 6.60. The number of rotatable bonds is 8. The number of thiophene rings is 1. The number of ether oxygens (including phenoxy) is 1. The van der Waals surface area contributed by atoms with Crippen LogP contribution in [0.25, 0.3) is 31.9 Å². The number of carbonyl (C=O) groups excluding carboxylic acids is 1. The molecule has 2 N–H and O–H groups in total. The number of halogens is 2. The molecule has 5 aromatic rings. The summed E-state index contributed by atoms with van der Waals surface area (Å²) in [5.74, 6) is -1.44. The number of aromatic nitrogens is 4. The van der Waals surface area contributed by atoms with Crippen molar-refractivity contribution in [3.8, 4) is 21.8 Å². The lowest BCUT2D eigenvalue weighted by Gasteiger charge is -2.22. The summed E-state index contributed by atoms with van der Waals surface area (Å²) in [6.07, 6.45) is 4.28. The normalized spacial score (nSPS) is 15.0. The largest absolute Gasteiger partial charge is 0.462 e. The fraction of sp³-hybridized carbons (Fsp3) is 0.276. The lowest BCUT2D eigenvalue weighted by atomic mass is 9.91.